The molecule has 1 aromatic heterocycles. The van der Waals surface area contributed by atoms with Gasteiger partial charge in [0.05, 0.1) is 11.8 Å². The first-order chi connectivity index (χ1) is 12.5. The zero-order valence-electron chi connectivity index (χ0n) is 14.4. The third kappa shape index (κ3) is 5.03. The molecule has 1 N–H and O–H groups in total. The summed E-state index contributed by atoms with van der Waals surface area (Å²) in [5, 5.41) is 5.61. The molecular weight excluding hydrogens is 374 g/mol. The molecule has 2 amide bonds. The van der Waals surface area contributed by atoms with E-state index in [1.54, 1.807) is 24.3 Å². The van der Waals surface area contributed by atoms with E-state index in [1.165, 1.54) is 16.2 Å². The lowest BCUT2D eigenvalue weighted by Gasteiger charge is -2.25. The molecule has 2 heterocycles. The zero-order valence-corrected chi connectivity index (χ0v) is 16.0. The van der Waals surface area contributed by atoms with E-state index in [2.05, 4.69) is 10.3 Å². The fraction of sp³-hybridized carbons (Fsp3) is 0.389. The zero-order chi connectivity index (χ0) is 18.5. The van der Waals surface area contributed by atoms with Crippen molar-refractivity contribution in [1.82, 2.24) is 9.88 Å². The Kier molecular flexibility index (Phi) is 6.24. The van der Waals surface area contributed by atoms with Gasteiger partial charge in [0.25, 0.3) is 5.91 Å². The maximum absolute atomic E-state index is 12.9. The molecule has 3 rings (SSSR count). The molecule has 138 valence electrons. The highest BCUT2D eigenvalue weighted by Crippen LogP contribution is 2.18. The first-order valence-corrected chi connectivity index (χ1v) is 9.65. The molecule has 1 unspecified atom stereocenters. The smallest absolute Gasteiger partial charge is 0.254 e. The molecule has 1 atom stereocenters. The second-order valence-electron chi connectivity index (χ2n) is 6.17. The third-order valence-electron chi connectivity index (χ3n) is 4.01. The fourth-order valence-electron chi connectivity index (χ4n) is 2.80. The van der Waals surface area contributed by atoms with Crippen LogP contribution in [0.3, 0.4) is 0 Å². The second-order valence-corrected chi connectivity index (χ2v) is 7.47. The molecule has 0 aliphatic carbocycles. The van der Waals surface area contributed by atoms with E-state index in [-0.39, 0.29) is 24.5 Å². The quantitative estimate of drug-likeness (QED) is 0.816. The van der Waals surface area contributed by atoms with E-state index in [0.29, 0.717) is 28.9 Å². The molecule has 0 bridgehead atoms. The van der Waals surface area contributed by atoms with Crippen molar-refractivity contribution < 1.29 is 14.3 Å². The fourth-order valence-corrected chi connectivity index (χ4v) is 3.70. The van der Waals surface area contributed by atoms with Crippen LogP contribution in [0.2, 0.25) is 5.02 Å². The third-order valence-corrected chi connectivity index (χ3v) is 5.12. The van der Waals surface area contributed by atoms with Gasteiger partial charge in [-0.2, -0.15) is 0 Å². The SMILES string of the molecule is Cc1csc(NC(=O)CN(CC2CCCO2)C(=O)c2cccc(Cl)c2)n1. The first kappa shape index (κ1) is 18.8. The summed E-state index contributed by atoms with van der Waals surface area (Å²) in [6, 6.07) is 6.73. The maximum atomic E-state index is 12.9. The van der Waals surface area contributed by atoms with Crippen molar-refractivity contribution in [1.29, 1.82) is 0 Å². The van der Waals surface area contributed by atoms with Crippen molar-refractivity contribution >= 4 is 39.9 Å². The Bertz CT molecular complexity index is 789. The number of thiazole rings is 1. The summed E-state index contributed by atoms with van der Waals surface area (Å²) >= 11 is 7.35. The number of halogens is 1. The molecule has 2 aromatic rings. The van der Waals surface area contributed by atoms with Crippen LogP contribution >= 0.6 is 22.9 Å². The number of hydrogen-bond donors (Lipinski definition) is 1. The van der Waals surface area contributed by atoms with Crippen molar-refractivity contribution in [3.05, 3.63) is 45.9 Å². The van der Waals surface area contributed by atoms with E-state index in [9.17, 15) is 9.59 Å². The highest BCUT2D eigenvalue weighted by atomic mass is 35.5. The molecule has 8 heteroatoms. The second kappa shape index (κ2) is 8.62. The molecule has 1 fully saturated rings. The number of aryl methyl sites for hydroxylation is 1. The number of rotatable bonds is 6. The van der Waals surface area contributed by atoms with Gasteiger partial charge in [-0.15, -0.1) is 11.3 Å². The molecule has 1 saturated heterocycles. The average Bonchev–Trinajstić information content (AvgIpc) is 3.25. The first-order valence-electron chi connectivity index (χ1n) is 8.39. The normalized spacial score (nSPS) is 16.5. The van der Waals surface area contributed by atoms with Crippen LogP contribution in [-0.4, -0.2) is 47.5 Å². The Morgan fingerprint density at radius 1 is 1.46 bits per heavy atom. The van der Waals surface area contributed by atoms with Gasteiger partial charge in [-0.1, -0.05) is 17.7 Å². The van der Waals surface area contributed by atoms with Crippen molar-refractivity contribution in [2.45, 2.75) is 25.9 Å². The van der Waals surface area contributed by atoms with Crippen molar-refractivity contribution in [2.24, 2.45) is 0 Å². The van der Waals surface area contributed by atoms with E-state index < -0.39 is 0 Å². The summed E-state index contributed by atoms with van der Waals surface area (Å²) in [6.45, 7) is 2.85. The number of nitrogens with one attached hydrogen (secondary N) is 1. The molecule has 1 aromatic carbocycles. The lowest BCUT2D eigenvalue weighted by atomic mass is 10.1. The number of ether oxygens (including phenoxy) is 1. The van der Waals surface area contributed by atoms with Crippen LogP contribution in [-0.2, 0) is 9.53 Å². The Balaban J connectivity index is 1.71. The number of aromatic nitrogens is 1. The Morgan fingerprint density at radius 2 is 2.31 bits per heavy atom. The number of benzene rings is 1. The van der Waals surface area contributed by atoms with E-state index in [1.807, 2.05) is 12.3 Å². The number of anilines is 1. The molecule has 0 saturated carbocycles. The van der Waals surface area contributed by atoms with Gasteiger partial charge in [-0.05, 0) is 38.0 Å². The van der Waals surface area contributed by atoms with Gasteiger partial charge < -0.3 is 15.0 Å². The van der Waals surface area contributed by atoms with Gasteiger partial charge >= 0.3 is 0 Å². The molecule has 0 radical (unpaired) electrons. The summed E-state index contributed by atoms with van der Waals surface area (Å²) < 4.78 is 5.63. The van der Waals surface area contributed by atoms with Gasteiger partial charge in [-0.3, -0.25) is 9.59 Å². The number of amides is 2. The standard InChI is InChI=1S/C18H20ClN3O3S/c1-12-11-26-18(20-12)21-16(23)10-22(9-15-6-3-7-25-15)17(24)13-4-2-5-14(19)8-13/h2,4-5,8,11,15H,3,6-7,9-10H2,1H3,(H,20,21,23). The molecule has 26 heavy (non-hydrogen) atoms. The number of nitrogens with zero attached hydrogens (tertiary/aromatic N) is 2. The number of carbonyl (C=O) groups is 2. The summed E-state index contributed by atoms with van der Waals surface area (Å²) in [6.07, 6.45) is 1.80. The van der Waals surface area contributed by atoms with Crippen molar-refractivity contribution in [2.75, 3.05) is 25.0 Å². The number of carbonyl (C=O) groups excluding carboxylic acids is 2. The van der Waals surface area contributed by atoms with E-state index >= 15 is 0 Å². The maximum Gasteiger partial charge on any atom is 0.254 e. The molecule has 6 nitrogen and oxygen atoms in total. The van der Waals surface area contributed by atoms with Crippen LogP contribution in [0.25, 0.3) is 0 Å². The van der Waals surface area contributed by atoms with Crippen molar-refractivity contribution in [3.63, 3.8) is 0 Å². The Labute approximate surface area is 161 Å². The Morgan fingerprint density at radius 3 is 2.96 bits per heavy atom. The van der Waals surface area contributed by atoms with Gasteiger partial charge in [0, 0.05) is 29.1 Å². The highest BCUT2D eigenvalue weighted by molar-refractivity contribution is 7.13. The monoisotopic (exact) mass is 393 g/mol. The lowest BCUT2D eigenvalue weighted by Crippen LogP contribution is -2.42. The predicted molar refractivity (Wildman–Crippen MR) is 102 cm³/mol. The highest BCUT2D eigenvalue weighted by Gasteiger charge is 2.25. The summed E-state index contributed by atoms with van der Waals surface area (Å²) in [7, 11) is 0. The minimum atomic E-state index is -0.285. The minimum Gasteiger partial charge on any atom is -0.376 e. The van der Waals surface area contributed by atoms with Crippen LogP contribution in [0.15, 0.2) is 29.6 Å². The molecular formula is C18H20ClN3O3S. The van der Waals surface area contributed by atoms with Crippen LogP contribution in [0.5, 0.6) is 0 Å². The largest absolute Gasteiger partial charge is 0.376 e. The summed E-state index contributed by atoms with van der Waals surface area (Å²) in [4.78, 5) is 31.0. The Hall–Kier alpha value is -1.96. The van der Waals surface area contributed by atoms with E-state index in [0.717, 1.165) is 18.5 Å². The predicted octanol–water partition coefficient (Wildman–Crippen LogP) is 3.36. The van der Waals surface area contributed by atoms with Crippen LogP contribution in [0.4, 0.5) is 5.13 Å². The van der Waals surface area contributed by atoms with Crippen molar-refractivity contribution in [3.8, 4) is 0 Å². The topological polar surface area (TPSA) is 71.5 Å². The van der Waals surface area contributed by atoms with E-state index in [4.69, 9.17) is 16.3 Å². The lowest BCUT2D eigenvalue weighted by molar-refractivity contribution is -0.117. The molecule has 0 spiro atoms. The minimum absolute atomic E-state index is 0.0481. The summed E-state index contributed by atoms with van der Waals surface area (Å²) in [5.41, 5.74) is 1.30. The molecule has 1 aliphatic heterocycles. The van der Waals surface area contributed by atoms with Crippen LogP contribution in [0, 0.1) is 6.92 Å². The van der Waals surface area contributed by atoms with Crippen LogP contribution in [0.1, 0.15) is 28.9 Å². The van der Waals surface area contributed by atoms with Gasteiger partial charge in [0.2, 0.25) is 5.91 Å². The van der Waals surface area contributed by atoms with Gasteiger partial charge in [0.15, 0.2) is 5.13 Å². The van der Waals surface area contributed by atoms with Gasteiger partial charge in [0.1, 0.15) is 6.54 Å². The number of hydrogen-bond acceptors (Lipinski definition) is 5. The van der Waals surface area contributed by atoms with Gasteiger partial charge in [-0.25, -0.2) is 4.98 Å². The summed E-state index contributed by atoms with van der Waals surface area (Å²) in [5.74, 6) is -0.527. The van der Waals surface area contributed by atoms with Crippen LogP contribution < -0.4 is 5.32 Å². The molecule has 1 aliphatic rings. The average molecular weight is 394 g/mol.